The van der Waals surface area contributed by atoms with Gasteiger partial charge in [-0.25, -0.2) is 8.42 Å². The average Bonchev–Trinajstić information content (AvgIpc) is 2.29. The summed E-state index contributed by atoms with van der Waals surface area (Å²) >= 11 is 5.79. The minimum Gasteiger partial charge on any atom is -0.465 e. The first kappa shape index (κ1) is 14.9. The fourth-order valence-corrected chi connectivity index (χ4v) is 2.71. The van der Waals surface area contributed by atoms with Crippen LogP contribution in [0, 0.1) is 0 Å². The van der Waals surface area contributed by atoms with Crippen molar-refractivity contribution in [1.29, 1.82) is 0 Å². The van der Waals surface area contributed by atoms with Gasteiger partial charge in [-0.15, -0.1) is 0 Å². The van der Waals surface area contributed by atoms with Crippen LogP contribution in [0.15, 0.2) is 23.4 Å². The fraction of sp³-hybridized carbons (Fsp3) is 0.400. The second-order valence-corrected chi connectivity index (χ2v) is 5.79. The van der Waals surface area contributed by atoms with Crippen molar-refractivity contribution in [2.24, 2.45) is 0 Å². The molecule has 6 nitrogen and oxygen atoms in total. The summed E-state index contributed by atoms with van der Waals surface area (Å²) < 4.78 is 29.7. The number of ether oxygens (including phenoxy) is 1. The molecule has 0 saturated heterocycles. The molecule has 1 aromatic rings. The number of sulfonamides is 1. The maximum Gasteiger partial charge on any atom is 0.321 e. The van der Waals surface area contributed by atoms with E-state index in [0.29, 0.717) is 0 Å². The summed E-state index contributed by atoms with van der Waals surface area (Å²) in [5, 5.41) is 0.0562. The number of hydrogen-bond donors (Lipinski definition) is 0. The molecule has 0 N–H and O–H groups in total. The van der Waals surface area contributed by atoms with Crippen LogP contribution in [-0.2, 0) is 19.6 Å². The topological polar surface area (TPSA) is 76.6 Å². The zero-order valence-electron chi connectivity index (χ0n) is 9.96. The first-order chi connectivity index (χ1) is 8.39. The number of carbonyl (C=O) groups excluding carboxylic acids is 1. The Morgan fingerprint density at radius 2 is 2.22 bits per heavy atom. The number of carbonyl (C=O) groups is 1. The van der Waals surface area contributed by atoms with Gasteiger partial charge in [0.05, 0.1) is 11.6 Å². The van der Waals surface area contributed by atoms with Crippen molar-refractivity contribution in [1.82, 2.24) is 9.29 Å². The summed E-state index contributed by atoms with van der Waals surface area (Å²) in [5.74, 6) is -0.622. The smallest absolute Gasteiger partial charge is 0.321 e. The minimum absolute atomic E-state index is 0.0562. The van der Waals surface area contributed by atoms with Crippen LogP contribution in [0.2, 0.25) is 5.02 Å². The Labute approximate surface area is 111 Å². The summed E-state index contributed by atoms with van der Waals surface area (Å²) in [6, 6.07) is 1.37. The fourth-order valence-electron chi connectivity index (χ4n) is 1.19. The molecule has 0 atom stereocenters. The van der Waals surface area contributed by atoms with Crippen LogP contribution in [0.5, 0.6) is 0 Å². The van der Waals surface area contributed by atoms with Gasteiger partial charge >= 0.3 is 5.97 Å². The molecule has 8 heteroatoms. The summed E-state index contributed by atoms with van der Waals surface area (Å²) in [6.07, 6.45) is 2.52. The molecular weight excluding hydrogens is 280 g/mol. The van der Waals surface area contributed by atoms with Crippen molar-refractivity contribution in [3.8, 4) is 0 Å². The molecule has 0 bridgehead atoms. The van der Waals surface area contributed by atoms with Gasteiger partial charge in [-0.1, -0.05) is 11.6 Å². The van der Waals surface area contributed by atoms with E-state index in [1.807, 2.05) is 0 Å². The second kappa shape index (κ2) is 6.12. The quantitative estimate of drug-likeness (QED) is 0.754. The maximum absolute atomic E-state index is 12.1. The van der Waals surface area contributed by atoms with Gasteiger partial charge in [-0.3, -0.25) is 9.78 Å². The van der Waals surface area contributed by atoms with Crippen LogP contribution in [0.25, 0.3) is 0 Å². The first-order valence-corrected chi connectivity index (χ1v) is 6.93. The Kier molecular flexibility index (Phi) is 5.06. The number of rotatable bonds is 5. The lowest BCUT2D eigenvalue weighted by atomic mass is 10.5. The van der Waals surface area contributed by atoms with Crippen molar-refractivity contribution >= 4 is 27.6 Å². The number of likely N-dealkylation sites (N-methyl/N-ethyl adjacent to an activating group) is 1. The SMILES string of the molecule is CCOC(=O)CN(C)S(=O)(=O)c1cnccc1Cl. The van der Waals surface area contributed by atoms with E-state index in [2.05, 4.69) is 9.72 Å². The van der Waals surface area contributed by atoms with Crippen LogP contribution in [0.3, 0.4) is 0 Å². The highest BCUT2D eigenvalue weighted by atomic mass is 35.5. The van der Waals surface area contributed by atoms with E-state index in [4.69, 9.17) is 11.6 Å². The van der Waals surface area contributed by atoms with Crippen LogP contribution in [0.4, 0.5) is 0 Å². The van der Waals surface area contributed by atoms with E-state index in [9.17, 15) is 13.2 Å². The number of halogens is 1. The molecule has 0 aliphatic carbocycles. The van der Waals surface area contributed by atoms with Gasteiger partial charge < -0.3 is 4.74 Å². The van der Waals surface area contributed by atoms with E-state index in [1.54, 1.807) is 6.92 Å². The Morgan fingerprint density at radius 3 is 2.78 bits per heavy atom. The third-order valence-corrected chi connectivity index (χ3v) is 4.35. The molecule has 1 heterocycles. The maximum atomic E-state index is 12.1. The molecule has 0 spiro atoms. The molecular formula is C10H13ClN2O4S. The Hall–Kier alpha value is -1.18. The van der Waals surface area contributed by atoms with Gasteiger partial charge in [0.2, 0.25) is 10.0 Å². The molecule has 0 aliphatic heterocycles. The Balaban J connectivity index is 2.94. The predicted octanol–water partition coefficient (Wildman–Crippen LogP) is 0.919. The molecule has 100 valence electrons. The highest BCUT2D eigenvalue weighted by Gasteiger charge is 2.25. The van der Waals surface area contributed by atoms with Gasteiger partial charge in [-0.05, 0) is 13.0 Å². The average molecular weight is 293 g/mol. The zero-order chi connectivity index (χ0) is 13.8. The lowest BCUT2D eigenvalue weighted by molar-refractivity contribution is -0.143. The second-order valence-electron chi connectivity index (χ2n) is 3.37. The minimum atomic E-state index is -3.84. The molecule has 0 aromatic carbocycles. The van der Waals surface area contributed by atoms with Gasteiger partial charge in [0.25, 0.3) is 0 Å². The molecule has 0 unspecified atom stereocenters. The first-order valence-electron chi connectivity index (χ1n) is 5.11. The number of aromatic nitrogens is 1. The van der Waals surface area contributed by atoms with Crippen molar-refractivity contribution in [2.45, 2.75) is 11.8 Å². The lowest BCUT2D eigenvalue weighted by Gasteiger charge is -2.16. The normalized spacial score (nSPS) is 11.6. The van der Waals surface area contributed by atoms with Crippen LogP contribution >= 0.6 is 11.6 Å². The molecule has 18 heavy (non-hydrogen) atoms. The molecule has 0 amide bonds. The molecule has 1 rings (SSSR count). The predicted molar refractivity (Wildman–Crippen MR) is 65.7 cm³/mol. The Bertz CT molecular complexity index is 532. The standard InChI is InChI=1S/C10H13ClN2O4S/c1-3-17-10(14)7-13(2)18(15,16)9-6-12-5-4-8(9)11/h4-6H,3,7H2,1-2H3. The third-order valence-electron chi connectivity index (χ3n) is 2.08. The lowest BCUT2D eigenvalue weighted by Crippen LogP contribution is -2.33. The van der Waals surface area contributed by atoms with Crippen LogP contribution in [0.1, 0.15) is 6.92 Å². The molecule has 1 aromatic heterocycles. The molecule has 0 aliphatic rings. The van der Waals surface area contributed by atoms with Crippen molar-refractivity contribution in [2.75, 3.05) is 20.2 Å². The van der Waals surface area contributed by atoms with Crippen molar-refractivity contribution < 1.29 is 17.9 Å². The van der Waals surface area contributed by atoms with Gasteiger partial charge in [0.15, 0.2) is 0 Å². The highest BCUT2D eigenvalue weighted by molar-refractivity contribution is 7.89. The molecule has 0 saturated carbocycles. The van der Waals surface area contributed by atoms with Crippen LogP contribution < -0.4 is 0 Å². The highest BCUT2D eigenvalue weighted by Crippen LogP contribution is 2.22. The number of pyridine rings is 1. The number of esters is 1. The molecule has 0 radical (unpaired) electrons. The Morgan fingerprint density at radius 1 is 1.56 bits per heavy atom. The third kappa shape index (κ3) is 3.41. The van der Waals surface area contributed by atoms with E-state index in [1.165, 1.54) is 19.3 Å². The summed E-state index contributed by atoms with van der Waals surface area (Å²) in [6.45, 7) is 1.46. The summed E-state index contributed by atoms with van der Waals surface area (Å²) in [5.41, 5.74) is 0. The monoisotopic (exact) mass is 292 g/mol. The van der Waals surface area contributed by atoms with Gasteiger partial charge in [-0.2, -0.15) is 4.31 Å². The zero-order valence-corrected chi connectivity index (χ0v) is 11.5. The number of nitrogens with zero attached hydrogens (tertiary/aromatic N) is 2. The summed E-state index contributed by atoms with van der Waals surface area (Å²) in [4.78, 5) is 14.8. The molecule has 0 fully saturated rings. The van der Waals surface area contributed by atoms with Crippen LogP contribution in [-0.4, -0.2) is 43.9 Å². The van der Waals surface area contributed by atoms with E-state index in [-0.39, 0.29) is 23.1 Å². The summed E-state index contributed by atoms with van der Waals surface area (Å²) in [7, 11) is -2.57. The van der Waals surface area contributed by atoms with Gasteiger partial charge in [0.1, 0.15) is 11.4 Å². The van der Waals surface area contributed by atoms with Crippen molar-refractivity contribution in [3.63, 3.8) is 0 Å². The largest absolute Gasteiger partial charge is 0.465 e. The van der Waals surface area contributed by atoms with Crippen molar-refractivity contribution in [3.05, 3.63) is 23.5 Å². The van der Waals surface area contributed by atoms with E-state index < -0.39 is 16.0 Å². The number of hydrogen-bond acceptors (Lipinski definition) is 5. The van der Waals surface area contributed by atoms with Gasteiger partial charge in [0, 0.05) is 19.4 Å². The van der Waals surface area contributed by atoms with E-state index in [0.717, 1.165) is 10.5 Å². The van der Waals surface area contributed by atoms with E-state index >= 15 is 0 Å².